The van der Waals surface area contributed by atoms with Crippen molar-refractivity contribution in [3.63, 3.8) is 0 Å². The molecule has 3 heteroatoms. The SMILES string of the molecule is C=CCCCC(NCC)c1cc2ccc(F)cc2s1. The third-order valence-corrected chi connectivity index (χ3v) is 4.41. The Kier molecular flexibility index (Phi) is 5.11. The quantitative estimate of drug-likeness (QED) is 0.552. The molecule has 1 nitrogen and oxygen atoms in total. The van der Waals surface area contributed by atoms with Gasteiger partial charge >= 0.3 is 0 Å². The second kappa shape index (κ2) is 6.83. The third-order valence-electron chi connectivity index (χ3n) is 3.20. The molecule has 0 saturated heterocycles. The first kappa shape index (κ1) is 14.2. The highest BCUT2D eigenvalue weighted by Crippen LogP contribution is 2.32. The van der Waals surface area contributed by atoms with E-state index in [0.717, 1.165) is 35.9 Å². The molecule has 1 aromatic heterocycles. The van der Waals surface area contributed by atoms with E-state index in [1.807, 2.05) is 12.1 Å². The van der Waals surface area contributed by atoms with Gasteiger partial charge in [0.05, 0.1) is 0 Å². The largest absolute Gasteiger partial charge is 0.310 e. The van der Waals surface area contributed by atoms with Gasteiger partial charge in [-0.2, -0.15) is 0 Å². The Morgan fingerprint density at radius 2 is 2.26 bits per heavy atom. The standard InChI is InChI=1S/C16H20FNS/c1-3-5-6-7-14(18-4-2)16-10-12-8-9-13(17)11-15(12)19-16/h3,8-11,14,18H,1,4-7H2,2H3. The predicted molar refractivity (Wildman–Crippen MR) is 82.2 cm³/mol. The molecule has 0 fully saturated rings. The maximum atomic E-state index is 13.2. The van der Waals surface area contributed by atoms with Crippen molar-refractivity contribution >= 4 is 21.4 Å². The van der Waals surface area contributed by atoms with Crippen molar-refractivity contribution in [2.75, 3.05) is 6.54 Å². The molecule has 0 saturated carbocycles. The van der Waals surface area contributed by atoms with Crippen LogP contribution in [0.3, 0.4) is 0 Å². The zero-order valence-electron chi connectivity index (χ0n) is 11.3. The van der Waals surface area contributed by atoms with E-state index < -0.39 is 0 Å². The second-order valence-corrected chi connectivity index (χ2v) is 5.78. The number of rotatable bonds is 7. The molecule has 2 aromatic rings. The van der Waals surface area contributed by atoms with E-state index in [0.29, 0.717) is 6.04 Å². The first-order valence-electron chi connectivity index (χ1n) is 6.78. The summed E-state index contributed by atoms with van der Waals surface area (Å²) in [6.07, 6.45) is 5.23. The molecule has 0 bridgehead atoms. The van der Waals surface area contributed by atoms with Gasteiger partial charge in [0, 0.05) is 15.6 Å². The fourth-order valence-electron chi connectivity index (χ4n) is 2.25. The minimum Gasteiger partial charge on any atom is -0.310 e. The molecule has 2 rings (SSSR count). The van der Waals surface area contributed by atoms with Crippen LogP contribution in [0.5, 0.6) is 0 Å². The number of benzene rings is 1. The summed E-state index contributed by atoms with van der Waals surface area (Å²) < 4.78 is 14.3. The summed E-state index contributed by atoms with van der Waals surface area (Å²) in [6, 6.07) is 7.55. The molecule has 19 heavy (non-hydrogen) atoms. The minimum atomic E-state index is -0.160. The van der Waals surface area contributed by atoms with Crippen molar-refractivity contribution in [1.82, 2.24) is 5.32 Å². The minimum absolute atomic E-state index is 0.160. The maximum Gasteiger partial charge on any atom is 0.124 e. The fourth-order valence-corrected chi connectivity index (χ4v) is 3.45. The summed E-state index contributed by atoms with van der Waals surface area (Å²) in [4.78, 5) is 1.30. The van der Waals surface area contributed by atoms with Gasteiger partial charge in [-0.3, -0.25) is 0 Å². The number of thiophene rings is 1. The topological polar surface area (TPSA) is 12.0 Å². The van der Waals surface area contributed by atoms with Gasteiger partial charge in [0.1, 0.15) is 5.82 Å². The van der Waals surface area contributed by atoms with Crippen LogP contribution in [-0.2, 0) is 0 Å². The highest BCUT2D eigenvalue weighted by atomic mass is 32.1. The highest BCUT2D eigenvalue weighted by Gasteiger charge is 2.13. The van der Waals surface area contributed by atoms with Crippen LogP contribution in [0.4, 0.5) is 4.39 Å². The summed E-state index contributed by atoms with van der Waals surface area (Å²) in [5.74, 6) is -0.160. The molecule has 1 aromatic carbocycles. The number of hydrogen-bond donors (Lipinski definition) is 1. The molecule has 0 aliphatic carbocycles. The van der Waals surface area contributed by atoms with Crippen LogP contribution in [-0.4, -0.2) is 6.54 Å². The van der Waals surface area contributed by atoms with Crippen LogP contribution in [0.25, 0.3) is 10.1 Å². The number of allylic oxidation sites excluding steroid dienone is 1. The van der Waals surface area contributed by atoms with Crippen molar-refractivity contribution in [3.8, 4) is 0 Å². The smallest absolute Gasteiger partial charge is 0.124 e. The highest BCUT2D eigenvalue weighted by molar-refractivity contribution is 7.19. The number of hydrogen-bond acceptors (Lipinski definition) is 2. The second-order valence-electron chi connectivity index (χ2n) is 4.66. The predicted octanol–water partition coefficient (Wildman–Crippen LogP) is 5.05. The van der Waals surface area contributed by atoms with E-state index >= 15 is 0 Å². The molecular weight excluding hydrogens is 257 g/mol. The first-order chi connectivity index (χ1) is 9.24. The third kappa shape index (κ3) is 3.64. The number of nitrogens with one attached hydrogen (secondary N) is 1. The normalized spacial score (nSPS) is 12.7. The van der Waals surface area contributed by atoms with Gasteiger partial charge in [-0.1, -0.05) is 19.1 Å². The monoisotopic (exact) mass is 277 g/mol. The summed E-state index contributed by atoms with van der Waals surface area (Å²) in [5.41, 5.74) is 0. The van der Waals surface area contributed by atoms with Gasteiger partial charge in [-0.15, -0.1) is 17.9 Å². The molecule has 0 amide bonds. The Bertz CT molecular complexity index is 547. The summed E-state index contributed by atoms with van der Waals surface area (Å²) >= 11 is 1.69. The van der Waals surface area contributed by atoms with Crippen LogP contribution in [0, 0.1) is 5.82 Å². The summed E-state index contributed by atoms with van der Waals surface area (Å²) in [5, 5.41) is 4.65. The van der Waals surface area contributed by atoms with Crippen LogP contribution in [0.15, 0.2) is 36.9 Å². The Hall–Kier alpha value is -1.19. The molecular formula is C16H20FNS. The van der Waals surface area contributed by atoms with Gasteiger partial charge in [0.2, 0.25) is 0 Å². The van der Waals surface area contributed by atoms with E-state index in [1.165, 1.54) is 10.9 Å². The molecule has 0 aliphatic heterocycles. The molecule has 0 radical (unpaired) electrons. The van der Waals surface area contributed by atoms with Crippen LogP contribution in [0.2, 0.25) is 0 Å². The Morgan fingerprint density at radius 3 is 3.00 bits per heavy atom. The van der Waals surface area contributed by atoms with Gasteiger partial charge in [-0.05, 0) is 49.4 Å². The van der Waals surface area contributed by atoms with Crippen molar-refractivity contribution in [2.45, 2.75) is 32.2 Å². The van der Waals surface area contributed by atoms with E-state index in [9.17, 15) is 4.39 Å². The zero-order chi connectivity index (χ0) is 13.7. The average Bonchev–Trinajstić information content (AvgIpc) is 2.80. The van der Waals surface area contributed by atoms with Crippen LogP contribution in [0.1, 0.15) is 37.1 Å². The lowest BCUT2D eigenvalue weighted by atomic mass is 10.1. The summed E-state index contributed by atoms with van der Waals surface area (Å²) in [7, 11) is 0. The first-order valence-corrected chi connectivity index (χ1v) is 7.59. The van der Waals surface area contributed by atoms with Crippen molar-refractivity contribution in [1.29, 1.82) is 0 Å². The molecule has 0 spiro atoms. The van der Waals surface area contributed by atoms with Crippen LogP contribution < -0.4 is 5.32 Å². The number of fused-ring (bicyclic) bond motifs is 1. The fraction of sp³-hybridized carbons (Fsp3) is 0.375. The Balaban J connectivity index is 2.20. The van der Waals surface area contributed by atoms with Gasteiger partial charge < -0.3 is 5.32 Å². The molecule has 102 valence electrons. The van der Waals surface area contributed by atoms with E-state index in [2.05, 4.69) is 24.9 Å². The van der Waals surface area contributed by atoms with Gasteiger partial charge in [0.15, 0.2) is 0 Å². The van der Waals surface area contributed by atoms with Crippen molar-refractivity contribution in [2.24, 2.45) is 0 Å². The molecule has 0 aliphatic rings. The zero-order valence-corrected chi connectivity index (χ0v) is 12.1. The maximum absolute atomic E-state index is 13.2. The number of unbranched alkanes of at least 4 members (excludes halogenated alkanes) is 1. The van der Waals surface area contributed by atoms with Crippen molar-refractivity contribution in [3.05, 3.63) is 47.6 Å². The lowest BCUT2D eigenvalue weighted by Gasteiger charge is -2.15. The average molecular weight is 277 g/mol. The van der Waals surface area contributed by atoms with Crippen molar-refractivity contribution < 1.29 is 4.39 Å². The van der Waals surface area contributed by atoms with Crippen LogP contribution >= 0.6 is 11.3 Å². The Morgan fingerprint density at radius 1 is 1.42 bits per heavy atom. The van der Waals surface area contributed by atoms with E-state index in [4.69, 9.17) is 0 Å². The van der Waals surface area contributed by atoms with Gasteiger partial charge in [-0.25, -0.2) is 4.39 Å². The summed E-state index contributed by atoms with van der Waals surface area (Å²) in [6.45, 7) is 6.83. The molecule has 1 heterocycles. The molecule has 1 atom stereocenters. The Labute approximate surface area is 118 Å². The molecule has 1 unspecified atom stereocenters. The lowest BCUT2D eigenvalue weighted by Crippen LogP contribution is -2.19. The lowest BCUT2D eigenvalue weighted by molar-refractivity contribution is 0.507. The van der Waals surface area contributed by atoms with E-state index in [-0.39, 0.29) is 5.82 Å². The number of halogens is 1. The van der Waals surface area contributed by atoms with E-state index in [1.54, 1.807) is 17.4 Å². The molecule has 1 N–H and O–H groups in total. The van der Waals surface area contributed by atoms with Gasteiger partial charge in [0.25, 0.3) is 0 Å².